The molecule has 0 fully saturated rings. The summed E-state index contributed by atoms with van der Waals surface area (Å²) in [6.45, 7) is 5.67. The molecular weight excluding hydrogens is 284 g/mol. The summed E-state index contributed by atoms with van der Waals surface area (Å²) in [6.07, 6.45) is 4.96. The van der Waals surface area contributed by atoms with Gasteiger partial charge in [-0.05, 0) is 36.7 Å². The second-order valence-electron chi connectivity index (χ2n) is 5.32. The van der Waals surface area contributed by atoms with Gasteiger partial charge < -0.3 is 20.1 Å². The third-order valence-corrected chi connectivity index (χ3v) is 3.97. The first-order valence-electron chi connectivity index (χ1n) is 7.67. The van der Waals surface area contributed by atoms with Crippen LogP contribution in [-0.4, -0.2) is 18.5 Å². The van der Waals surface area contributed by atoms with E-state index in [1.54, 1.807) is 0 Å². The van der Waals surface area contributed by atoms with Crippen LogP contribution in [0.4, 0.5) is 5.69 Å². The summed E-state index contributed by atoms with van der Waals surface area (Å²) >= 11 is 5.35. The first-order valence-corrected chi connectivity index (χ1v) is 8.08. The Bertz CT molecular complexity index is 479. The predicted molar refractivity (Wildman–Crippen MR) is 90.1 cm³/mol. The highest BCUT2D eigenvalue weighted by atomic mass is 32.1. The van der Waals surface area contributed by atoms with Gasteiger partial charge in [0.05, 0.1) is 0 Å². The van der Waals surface area contributed by atoms with Crippen LogP contribution in [0.15, 0.2) is 18.2 Å². The van der Waals surface area contributed by atoms with Crippen molar-refractivity contribution in [2.75, 3.05) is 18.7 Å². The first-order chi connectivity index (χ1) is 10.2. The fourth-order valence-electron chi connectivity index (χ4n) is 2.33. The van der Waals surface area contributed by atoms with Gasteiger partial charge in [-0.25, -0.2) is 0 Å². The molecule has 21 heavy (non-hydrogen) atoms. The Balaban J connectivity index is 1.79. The van der Waals surface area contributed by atoms with Crippen LogP contribution in [0.3, 0.4) is 0 Å². The molecule has 5 heteroatoms. The molecule has 4 nitrogen and oxygen atoms in total. The van der Waals surface area contributed by atoms with Gasteiger partial charge in [0.2, 0.25) is 6.79 Å². The molecule has 1 aromatic carbocycles. The summed E-state index contributed by atoms with van der Waals surface area (Å²) in [5.41, 5.74) is 0.915. The van der Waals surface area contributed by atoms with Crippen LogP contribution >= 0.6 is 12.2 Å². The Kier molecular flexibility index (Phi) is 6.11. The van der Waals surface area contributed by atoms with E-state index in [1.165, 1.54) is 25.7 Å². The van der Waals surface area contributed by atoms with Crippen molar-refractivity contribution >= 4 is 23.0 Å². The van der Waals surface area contributed by atoms with Crippen molar-refractivity contribution in [3.05, 3.63) is 18.2 Å². The van der Waals surface area contributed by atoms with Gasteiger partial charge in [-0.2, -0.15) is 0 Å². The maximum Gasteiger partial charge on any atom is 0.231 e. The van der Waals surface area contributed by atoms with Gasteiger partial charge in [0.1, 0.15) is 0 Å². The SMILES string of the molecule is CCCCC(CC)CNC(=S)Nc1ccc2c(c1)OCO2. The van der Waals surface area contributed by atoms with E-state index in [0.717, 1.165) is 23.7 Å². The molecule has 1 aliphatic heterocycles. The number of rotatable bonds is 7. The van der Waals surface area contributed by atoms with Crippen LogP contribution in [0.5, 0.6) is 11.5 Å². The Morgan fingerprint density at radius 2 is 2.10 bits per heavy atom. The van der Waals surface area contributed by atoms with E-state index in [9.17, 15) is 0 Å². The topological polar surface area (TPSA) is 42.5 Å². The van der Waals surface area contributed by atoms with Crippen molar-refractivity contribution < 1.29 is 9.47 Å². The van der Waals surface area contributed by atoms with E-state index in [2.05, 4.69) is 24.5 Å². The zero-order chi connectivity index (χ0) is 15.1. The molecule has 1 aliphatic rings. The summed E-state index contributed by atoms with van der Waals surface area (Å²) < 4.78 is 10.6. The Hall–Kier alpha value is -1.49. The molecule has 1 unspecified atom stereocenters. The lowest BCUT2D eigenvalue weighted by Gasteiger charge is -2.17. The van der Waals surface area contributed by atoms with Crippen LogP contribution in [0.2, 0.25) is 0 Å². The van der Waals surface area contributed by atoms with E-state index in [-0.39, 0.29) is 6.79 Å². The Labute approximate surface area is 132 Å². The number of fused-ring (bicyclic) bond motifs is 1. The normalized spacial score (nSPS) is 13.8. The molecule has 0 saturated heterocycles. The van der Waals surface area contributed by atoms with Crippen molar-refractivity contribution in [3.63, 3.8) is 0 Å². The van der Waals surface area contributed by atoms with Crippen molar-refractivity contribution in [2.45, 2.75) is 39.5 Å². The van der Waals surface area contributed by atoms with Crippen molar-refractivity contribution in [1.29, 1.82) is 0 Å². The number of nitrogens with one attached hydrogen (secondary N) is 2. The molecule has 2 N–H and O–H groups in total. The molecule has 0 radical (unpaired) electrons. The highest BCUT2D eigenvalue weighted by Gasteiger charge is 2.13. The van der Waals surface area contributed by atoms with Crippen LogP contribution in [0.1, 0.15) is 39.5 Å². The maximum atomic E-state index is 5.35. The number of anilines is 1. The molecule has 1 heterocycles. The minimum absolute atomic E-state index is 0.289. The van der Waals surface area contributed by atoms with Gasteiger partial charge >= 0.3 is 0 Å². The van der Waals surface area contributed by atoms with Gasteiger partial charge in [-0.1, -0.05) is 33.1 Å². The monoisotopic (exact) mass is 308 g/mol. The van der Waals surface area contributed by atoms with Gasteiger partial charge in [0.15, 0.2) is 16.6 Å². The molecule has 0 spiro atoms. The van der Waals surface area contributed by atoms with E-state index in [0.29, 0.717) is 11.0 Å². The van der Waals surface area contributed by atoms with Gasteiger partial charge in [0, 0.05) is 18.3 Å². The average molecular weight is 308 g/mol. The number of hydrogen-bond donors (Lipinski definition) is 2. The van der Waals surface area contributed by atoms with Crippen LogP contribution in [0, 0.1) is 5.92 Å². The molecule has 0 amide bonds. The van der Waals surface area contributed by atoms with Crippen LogP contribution in [-0.2, 0) is 0 Å². The number of unbranched alkanes of at least 4 members (excludes halogenated alkanes) is 1. The molecule has 0 aliphatic carbocycles. The van der Waals surface area contributed by atoms with E-state index in [4.69, 9.17) is 21.7 Å². The number of ether oxygens (including phenoxy) is 2. The minimum atomic E-state index is 0.289. The molecule has 0 aromatic heterocycles. The predicted octanol–water partition coefficient (Wildman–Crippen LogP) is 3.92. The fraction of sp³-hybridized carbons (Fsp3) is 0.562. The Morgan fingerprint density at radius 1 is 1.29 bits per heavy atom. The Morgan fingerprint density at radius 3 is 2.86 bits per heavy atom. The summed E-state index contributed by atoms with van der Waals surface area (Å²) in [5, 5.41) is 7.16. The van der Waals surface area contributed by atoms with E-state index in [1.807, 2.05) is 18.2 Å². The summed E-state index contributed by atoms with van der Waals surface area (Å²) in [6, 6.07) is 5.74. The fourth-order valence-corrected chi connectivity index (χ4v) is 2.53. The molecule has 1 aromatic rings. The molecule has 0 bridgehead atoms. The number of benzene rings is 1. The zero-order valence-electron chi connectivity index (χ0n) is 12.8. The van der Waals surface area contributed by atoms with Crippen molar-refractivity contribution in [1.82, 2.24) is 5.32 Å². The lowest BCUT2D eigenvalue weighted by Crippen LogP contribution is -2.32. The van der Waals surface area contributed by atoms with Crippen molar-refractivity contribution in [2.24, 2.45) is 5.92 Å². The second-order valence-corrected chi connectivity index (χ2v) is 5.73. The molecule has 1 atom stereocenters. The summed E-state index contributed by atoms with van der Waals surface area (Å²) in [7, 11) is 0. The second kappa shape index (κ2) is 8.08. The summed E-state index contributed by atoms with van der Waals surface area (Å²) in [5.74, 6) is 2.23. The molecule has 0 saturated carbocycles. The highest BCUT2D eigenvalue weighted by Crippen LogP contribution is 2.34. The third kappa shape index (κ3) is 4.77. The van der Waals surface area contributed by atoms with Gasteiger partial charge in [-0.3, -0.25) is 0 Å². The van der Waals surface area contributed by atoms with Gasteiger partial charge in [-0.15, -0.1) is 0 Å². The molecular formula is C16H24N2O2S. The molecule has 116 valence electrons. The van der Waals surface area contributed by atoms with E-state index >= 15 is 0 Å². The lowest BCUT2D eigenvalue weighted by atomic mass is 9.99. The number of thiocarbonyl (C=S) groups is 1. The van der Waals surface area contributed by atoms with Gasteiger partial charge in [0.25, 0.3) is 0 Å². The van der Waals surface area contributed by atoms with E-state index < -0.39 is 0 Å². The maximum absolute atomic E-state index is 5.35. The smallest absolute Gasteiger partial charge is 0.231 e. The average Bonchev–Trinajstić information content (AvgIpc) is 2.95. The quantitative estimate of drug-likeness (QED) is 0.747. The zero-order valence-corrected chi connectivity index (χ0v) is 13.6. The van der Waals surface area contributed by atoms with Crippen LogP contribution < -0.4 is 20.1 Å². The molecule has 2 rings (SSSR count). The minimum Gasteiger partial charge on any atom is -0.454 e. The van der Waals surface area contributed by atoms with Crippen LogP contribution in [0.25, 0.3) is 0 Å². The first kappa shape index (κ1) is 15.9. The lowest BCUT2D eigenvalue weighted by molar-refractivity contribution is 0.174. The standard InChI is InChI=1S/C16H24N2O2S/c1-3-5-6-12(4-2)10-17-16(21)18-13-7-8-14-15(9-13)20-11-19-14/h7-9,12H,3-6,10-11H2,1-2H3,(H2,17,18,21). The largest absolute Gasteiger partial charge is 0.454 e. The number of hydrogen-bond acceptors (Lipinski definition) is 3. The third-order valence-electron chi connectivity index (χ3n) is 3.73. The highest BCUT2D eigenvalue weighted by molar-refractivity contribution is 7.80. The summed E-state index contributed by atoms with van der Waals surface area (Å²) in [4.78, 5) is 0. The van der Waals surface area contributed by atoms with Crippen molar-refractivity contribution in [3.8, 4) is 11.5 Å².